The van der Waals surface area contributed by atoms with Crippen LogP contribution in [0, 0.1) is 5.92 Å². The Labute approximate surface area is 348 Å². The minimum atomic E-state index is -4.87. The van der Waals surface area contributed by atoms with Crippen molar-refractivity contribution in [3.63, 3.8) is 0 Å². The third-order valence-electron chi connectivity index (χ3n) is 8.80. The number of carbonyl (C=O) groups is 2. The van der Waals surface area contributed by atoms with Crippen molar-refractivity contribution < 1.29 is 66.7 Å². The summed E-state index contributed by atoms with van der Waals surface area (Å²) in [5.41, 5.74) is 0. The van der Waals surface area contributed by atoms with E-state index in [-0.39, 0.29) is 18.9 Å². The average Bonchev–Trinajstić information content (AvgIpc) is 3.17. The highest BCUT2D eigenvalue weighted by Crippen LogP contribution is 2.43. The number of unbranched alkanes of at least 4 members (excludes halogenated alkanes) is 10. The topological polar surface area (TPSA) is 216 Å². The van der Waals surface area contributed by atoms with Crippen LogP contribution >= 0.6 is 15.6 Å². The van der Waals surface area contributed by atoms with E-state index in [4.69, 9.17) is 23.8 Å². The van der Waals surface area contributed by atoms with Crippen LogP contribution in [-0.4, -0.2) is 81.6 Å². The first-order valence-electron chi connectivity index (χ1n) is 21.3. The average molecular weight is 867 g/mol. The number of phosphoric ester groups is 2. The van der Waals surface area contributed by atoms with Gasteiger partial charge in [0.15, 0.2) is 6.10 Å². The maximum Gasteiger partial charge on any atom is 0.472 e. The number of carbonyl (C=O) groups excluding carboxylic acids is 2. The van der Waals surface area contributed by atoms with Gasteiger partial charge in [-0.25, -0.2) is 9.13 Å². The van der Waals surface area contributed by atoms with E-state index in [2.05, 4.69) is 59.4 Å². The first-order valence-corrected chi connectivity index (χ1v) is 24.3. The Bertz CT molecular complexity index is 1250. The van der Waals surface area contributed by atoms with Crippen molar-refractivity contribution in [3.8, 4) is 0 Å². The van der Waals surface area contributed by atoms with Crippen LogP contribution in [0.15, 0.2) is 48.6 Å². The molecule has 4 atom stereocenters. The molecule has 0 aliphatic carbocycles. The van der Waals surface area contributed by atoms with Gasteiger partial charge in [-0.3, -0.25) is 23.2 Å². The van der Waals surface area contributed by atoms with Crippen LogP contribution in [-0.2, 0) is 41.8 Å². The molecule has 0 fully saturated rings. The Morgan fingerprint density at radius 1 is 0.552 bits per heavy atom. The highest BCUT2D eigenvalue weighted by molar-refractivity contribution is 7.47. The van der Waals surface area contributed by atoms with Crippen LogP contribution in [0.1, 0.15) is 156 Å². The maximum atomic E-state index is 12.6. The van der Waals surface area contributed by atoms with Gasteiger partial charge >= 0.3 is 27.6 Å². The summed E-state index contributed by atoms with van der Waals surface area (Å²) in [4.78, 5) is 52.6. The molecule has 0 radical (unpaired) electrons. The third-order valence-corrected chi connectivity index (χ3v) is 10.2. The number of allylic oxidation sites excluding steroid dienone is 8. The zero-order valence-electron chi connectivity index (χ0n) is 35.4. The second kappa shape index (κ2) is 36.9. The molecule has 58 heavy (non-hydrogen) atoms. The van der Waals surface area contributed by atoms with Gasteiger partial charge in [0.1, 0.15) is 12.7 Å². The summed E-state index contributed by atoms with van der Waals surface area (Å²) in [6.07, 6.45) is 32.1. The Morgan fingerprint density at radius 2 is 1.03 bits per heavy atom. The minimum absolute atomic E-state index is 0.106. The molecule has 0 aromatic carbocycles. The first kappa shape index (κ1) is 56.0. The summed E-state index contributed by atoms with van der Waals surface area (Å²) in [6, 6.07) is 0. The highest BCUT2D eigenvalue weighted by atomic mass is 31.2. The van der Waals surface area contributed by atoms with Gasteiger partial charge in [0.25, 0.3) is 0 Å². The Kier molecular flexibility index (Phi) is 35.6. The van der Waals surface area contributed by atoms with Crippen LogP contribution in [0.4, 0.5) is 0 Å². The number of rotatable bonds is 39. The third kappa shape index (κ3) is 40.8. The molecule has 0 spiro atoms. The van der Waals surface area contributed by atoms with Gasteiger partial charge in [0.05, 0.1) is 25.9 Å². The smallest absolute Gasteiger partial charge is 0.462 e. The van der Waals surface area contributed by atoms with Gasteiger partial charge in [0.2, 0.25) is 0 Å². The van der Waals surface area contributed by atoms with Gasteiger partial charge in [-0.1, -0.05) is 134 Å². The van der Waals surface area contributed by atoms with E-state index in [9.17, 15) is 33.8 Å². The predicted molar refractivity (Wildman–Crippen MR) is 227 cm³/mol. The molecule has 0 bridgehead atoms. The van der Waals surface area contributed by atoms with Crippen molar-refractivity contribution in [2.45, 2.75) is 174 Å². The standard InChI is InChI=1S/C42H76O14P2/c1-4-38(43)30-26-22-18-14-9-7-5-6-8-10-15-19-23-27-31-41(45)52-35-40(36-55-58(50,51)54-34-39(44)33-53-57(47,48)49)56-42(46)32-28-24-20-16-12-11-13-17-21-25-29-37(2)3/h6-9,15,18-19,22,37-40,43-44H,4-5,10-14,16-17,20-21,23-36H2,1-3H3,(H,50,51)(H2,47,48,49)/b8-6-,9-7-,19-15-,22-18-/t38-,39-,40+/m0/s1. The lowest BCUT2D eigenvalue weighted by molar-refractivity contribution is -0.161. The second-order valence-corrected chi connectivity index (χ2v) is 17.6. The van der Waals surface area contributed by atoms with Crippen molar-refractivity contribution in [1.29, 1.82) is 0 Å². The van der Waals surface area contributed by atoms with Crippen molar-refractivity contribution in [2.75, 3.05) is 26.4 Å². The quantitative estimate of drug-likeness (QED) is 0.0168. The first-order chi connectivity index (χ1) is 27.6. The predicted octanol–water partition coefficient (Wildman–Crippen LogP) is 9.50. The van der Waals surface area contributed by atoms with Crippen molar-refractivity contribution in [1.82, 2.24) is 0 Å². The molecule has 338 valence electrons. The lowest BCUT2D eigenvalue weighted by Crippen LogP contribution is -2.30. The van der Waals surface area contributed by atoms with E-state index in [1.54, 1.807) is 0 Å². The fourth-order valence-electron chi connectivity index (χ4n) is 5.39. The lowest BCUT2D eigenvalue weighted by atomic mass is 10.0. The molecular weight excluding hydrogens is 790 g/mol. The largest absolute Gasteiger partial charge is 0.472 e. The van der Waals surface area contributed by atoms with E-state index < -0.39 is 66.2 Å². The summed E-state index contributed by atoms with van der Waals surface area (Å²) in [7, 11) is -9.69. The molecular formula is C42H76O14P2. The Morgan fingerprint density at radius 3 is 1.59 bits per heavy atom. The maximum absolute atomic E-state index is 12.6. The number of ether oxygens (including phenoxy) is 2. The van der Waals surface area contributed by atoms with Crippen molar-refractivity contribution in [2.24, 2.45) is 5.92 Å². The molecule has 0 aliphatic heterocycles. The van der Waals surface area contributed by atoms with Gasteiger partial charge in [0, 0.05) is 12.8 Å². The molecule has 1 unspecified atom stereocenters. The van der Waals surface area contributed by atoms with Crippen molar-refractivity contribution in [3.05, 3.63) is 48.6 Å². The normalized spacial score (nSPS) is 15.2. The zero-order valence-corrected chi connectivity index (χ0v) is 37.2. The molecule has 16 heteroatoms. The van der Waals surface area contributed by atoms with Gasteiger partial charge in [-0.05, 0) is 63.7 Å². The van der Waals surface area contributed by atoms with E-state index in [0.29, 0.717) is 19.3 Å². The molecule has 14 nitrogen and oxygen atoms in total. The zero-order chi connectivity index (χ0) is 43.3. The van der Waals surface area contributed by atoms with Crippen LogP contribution < -0.4 is 0 Å². The van der Waals surface area contributed by atoms with E-state index in [1.807, 2.05) is 19.1 Å². The number of hydrogen-bond acceptors (Lipinski definition) is 11. The second-order valence-electron chi connectivity index (χ2n) is 14.9. The molecule has 5 N–H and O–H groups in total. The van der Waals surface area contributed by atoms with E-state index >= 15 is 0 Å². The fraction of sp³-hybridized carbons (Fsp3) is 0.762. The Hall–Kier alpha value is -1.96. The van der Waals surface area contributed by atoms with Gasteiger partial charge < -0.3 is 34.4 Å². The summed E-state index contributed by atoms with van der Waals surface area (Å²) in [5.74, 6) is -0.355. The van der Waals surface area contributed by atoms with Gasteiger partial charge in [-0.15, -0.1) is 0 Å². The molecule has 0 aliphatic rings. The number of aliphatic hydroxyl groups is 2. The lowest BCUT2D eigenvalue weighted by Gasteiger charge is -2.20. The molecule has 0 rings (SSSR count). The summed E-state index contributed by atoms with van der Waals surface area (Å²) in [6.45, 7) is 3.69. The van der Waals surface area contributed by atoms with Gasteiger partial charge in [-0.2, -0.15) is 0 Å². The number of hydrogen-bond donors (Lipinski definition) is 5. The van der Waals surface area contributed by atoms with Crippen LogP contribution in [0.2, 0.25) is 0 Å². The van der Waals surface area contributed by atoms with E-state index in [1.165, 1.54) is 38.5 Å². The van der Waals surface area contributed by atoms with E-state index in [0.717, 1.165) is 70.1 Å². The number of phosphoric acid groups is 2. The molecule has 0 saturated heterocycles. The summed E-state index contributed by atoms with van der Waals surface area (Å²) >= 11 is 0. The number of aliphatic hydroxyl groups excluding tert-OH is 2. The van der Waals surface area contributed by atoms with Crippen LogP contribution in [0.25, 0.3) is 0 Å². The van der Waals surface area contributed by atoms with Crippen molar-refractivity contribution >= 4 is 27.6 Å². The molecule has 0 saturated carbocycles. The van der Waals surface area contributed by atoms with Crippen LogP contribution in [0.3, 0.4) is 0 Å². The Balaban J connectivity index is 4.62. The summed E-state index contributed by atoms with van der Waals surface area (Å²) < 4.78 is 47.6. The highest BCUT2D eigenvalue weighted by Gasteiger charge is 2.28. The SMILES string of the molecule is CC[C@H](O)CC/C=C\C/C=C\C/C=C\C/C=C\CCCC(=O)OC[C@H](COP(=O)(O)OC[C@@H](O)COP(=O)(O)O)OC(=O)CCCCCCCCCCCCC(C)C. The number of esters is 2. The summed E-state index contributed by atoms with van der Waals surface area (Å²) in [5, 5.41) is 19.3. The molecule has 0 aromatic heterocycles. The van der Waals surface area contributed by atoms with Crippen LogP contribution in [0.5, 0.6) is 0 Å². The fourth-order valence-corrected chi connectivity index (χ4v) is 6.54. The molecule has 0 amide bonds. The monoisotopic (exact) mass is 866 g/mol. The molecule has 0 heterocycles. The minimum Gasteiger partial charge on any atom is -0.462 e. The molecule has 0 aromatic rings.